The average molecular weight is 396 g/mol. The van der Waals surface area contributed by atoms with Gasteiger partial charge in [-0.15, -0.1) is 0 Å². The third-order valence-electron chi connectivity index (χ3n) is 4.59. The molecule has 0 saturated carbocycles. The van der Waals surface area contributed by atoms with Gasteiger partial charge >= 0.3 is 5.97 Å². The highest BCUT2D eigenvalue weighted by atomic mass is 16.5. The lowest BCUT2D eigenvalue weighted by Gasteiger charge is -2.33. The summed E-state index contributed by atoms with van der Waals surface area (Å²) in [5.41, 5.74) is 1.61. The van der Waals surface area contributed by atoms with Gasteiger partial charge in [-0.2, -0.15) is 0 Å². The van der Waals surface area contributed by atoms with E-state index in [1.807, 2.05) is 0 Å². The zero-order valence-corrected chi connectivity index (χ0v) is 16.2. The second-order valence-electron chi connectivity index (χ2n) is 6.53. The SMILES string of the molecule is COC(=O)c1ccc(NC(=O)C(C)N2C(=O)COc3ccc(C(C)=O)cc32)cc1. The van der Waals surface area contributed by atoms with Gasteiger partial charge in [0.15, 0.2) is 12.4 Å². The lowest BCUT2D eigenvalue weighted by molar-refractivity contribution is -0.125. The first-order chi connectivity index (χ1) is 13.8. The minimum absolute atomic E-state index is 0.159. The molecule has 1 atom stereocenters. The number of nitrogens with zero attached hydrogens (tertiary/aromatic N) is 1. The number of methoxy groups -OCH3 is 1. The summed E-state index contributed by atoms with van der Waals surface area (Å²) in [6.07, 6.45) is 0. The molecule has 1 aliphatic rings. The lowest BCUT2D eigenvalue weighted by Crippen LogP contribution is -2.49. The number of esters is 1. The molecular weight excluding hydrogens is 376 g/mol. The quantitative estimate of drug-likeness (QED) is 0.615. The van der Waals surface area contributed by atoms with Crippen molar-refractivity contribution in [2.24, 2.45) is 0 Å². The van der Waals surface area contributed by atoms with Crippen LogP contribution in [0.2, 0.25) is 0 Å². The summed E-state index contributed by atoms with van der Waals surface area (Å²) < 4.78 is 10.1. The fraction of sp³-hybridized carbons (Fsp3) is 0.238. The Morgan fingerprint density at radius 3 is 2.38 bits per heavy atom. The molecule has 0 saturated heterocycles. The van der Waals surface area contributed by atoms with Crippen molar-refractivity contribution < 1.29 is 28.7 Å². The molecule has 1 heterocycles. The van der Waals surface area contributed by atoms with Crippen LogP contribution in [0.1, 0.15) is 34.6 Å². The Bertz CT molecular complexity index is 983. The molecule has 1 unspecified atom stereocenters. The molecule has 2 aromatic carbocycles. The van der Waals surface area contributed by atoms with Crippen molar-refractivity contribution in [3.05, 3.63) is 53.6 Å². The number of rotatable bonds is 5. The molecule has 29 heavy (non-hydrogen) atoms. The van der Waals surface area contributed by atoms with Crippen LogP contribution in [0.5, 0.6) is 5.75 Å². The van der Waals surface area contributed by atoms with Crippen LogP contribution in [0.15, 0.2) is 42.5 Å². The largest absolute Gasteiger partial charge is 0.482 e. The van der Waals surface area contributed by atoms with E-state index in [1.54, 1.807) is 37.3 Å². The summed E-state index contributed by atoms with van der Waals surface area (Å²) in [5.74, 6) is -1.02. The average Bonchev–Trinajstić information content (AvgIpc) is 2.72. The number of hydrogen-bond donors (Lipinski definition) is 1. The summed E-state index contributed by atoms with van der Waals surface area (Å²) in [6, 6.07) is 10.1. The number of amides is 2. The van der Waals surface area contributed by atoms with Crippen LogP contribution < -0.4 is 15.0 Å². The number of Topliss-reactive ketones (excluding diaryl/α,β-unsaturated/α-hetero) is 1. The minimum Gasteiger partial charge on any atom is -0.482 e. The topological polar surface area (TPSA) is 102 Å². The Labute approximate surface area is 167 Å². The Hall–Kier alpha value is -3.68. The number of carbonyl (C=O) groups is 4. The minimum atomic E-state index is -0.854. The molecule has 8 nitrogen and oxygen atoms in total. The summed E-state index contributed by atoms with van der Waals surface area (Å²) in [6.45, 7) is 2.81. The van der Waals surface area contributed by atoms with Crippen molar-refractivity contribution >= 4 is 34.9 Å². The molecule has 0 fully saturated rings. The second-order valence-corrected chi connectivity index (χ2v) is 6.53. The molecule has 8 heteroatoms. The first kappa shape index (κ1) is 20.1. The Kier molecular flexibility index (Phi) is 5.63. The van der Waals surface area contributed by atoms with Crippen molar-refractivity contribution in [1.29, 1.82) is 0 Å². The molecule has 0 bridgehead atoms. The maximum absolute atomic E-state index is 12.8. The van der Waals surface area contributed by atoms with E-state index in [9.17, 15) is 19.2 Å². The van der Waals surface area contributed by atoms with Gasteiger partial charge in [-0.1, -0.05) is 0 Å². The number of ether oxygens (including phenoxy) is 2. The first-order valence-electron chi connectivity index (χ1n) is 8.91. The Balaban J connectivity index is 1.82. The monoisotopic (exact) mass is 396 g/mol. The van der Waals surface area contributed by atoms with Gasteiger partial charge in [0.1, 0.15) is 11.8 Å². The number of anilines is 2. The van der Waals surface area contributed by atoms with Gasteiger partial charge in [0.2, 0.25) is 5.91 Å². The number of fused-ring (bicyclic) bond motifs is 1. The van der Waals surface area contributed by atoms with E-state index < -0.39 is 17.9 Å². The molecule has 0 radical (unpaired) electrons. The van der Waals surface area contributed by atoms with Gasteiger partial charge in [-0.3, -0.25) is 19.3 Å². The number of benzene rings is 2. The van der Waals surface area contributed by atoms with Gasteiger partial charge in [0.25, 0.3) is 5.91 Å². The highest BCUT2D eigenvalue weighted by Gasteiger charge is 2.33. The van der Waals surface area contributed by atoms with E-state index in [0.29, 0.717) is 28.3 Å². The fourth-order valence-electron chi connectivity index (χ4n) is 2.99. The number of hydrogen-bond acceptors (Lipinski definition) is 6. The van der Waals surface area contributed by atoms with E-state index in [2.05, 4.69) is 10.1 Å². The summed E-state index contributed by atoms with van der Waals surface area (Å²) in [4.78, 5) is 49.8. The van der Waals surface area contributed by atoms with Crippen LogP contribution >= 0.6 is 0 Å². The molecule has 1 N–H and O–H groups in total. The van der Waals surface area contributed by atoms with Gasteiger partial charge in [-0.05, 0) is 56.3 Å². The van der Waals surface area contributed by atoms with E-state index in [4.69, 9.17) is 4.74 Å². The first-order valence-corrected chi connectivity index (χ1v) is 8.91. The molecular formula is C21H20N2O6. The lowest BCUT2D eigenvalue weighted by atomic mass is 10.1. The smallest absolute Gasteiger partial charge is 0.337 e. The van der Waals surface area contributed by atoms with Crippen molar-refractivity contribution in [3.8, 4) is 5.75 Å². The predicted molar refractivity (Wildman–Crippen MR) is 105 cm³/mol. The summed E-state index contributed by atoms with van der Waals surface area (Å²) in [5, 5.41) is 2.72. The molecule has 150 valence electrons. The normalized spacial score (nSPS) is 13.8. The number of ketones is 1. The van der Waals surface area contributed by atoms with Crippen LogP contribution in [0.25, 0.3) is 0 Å². The summed E-state index contributed by atoms with van der Waals surface area (Å²) in [7, 11) is 1.29. The van der Waals surface area contributed by atoms with E-state index in [1.165, 1.54) is 31.1 Å². The van der Waals surface area contributed by atoms with Gasteiger partial charge < -0.3 is 14.8 Å². The van der Waals surface area contributed by atoms with Crippen molar-refractivity contribution in [3.63, 3.8) is 0 Å². The van der Waals surface area contributed by atoms with Crippen molar-refractivity contribution in [1.82, 2.24) is 0 Å². The maximum Gasteiger partial charge on any atom is 0.337 e. The van der Waals surface area contributed by atoms with Crippen LogP contribution in [-0.2, 0) is 14.3 Å². The van der Waals surface area contributed by atoms with Crippen LogP contribution in [0.3, 0.4) is 0 Å². The zero-order chi connectivity index (χ0) is 21.1. The van der Waals surface area contributed by atoms with E-state index in [0.717, 1.165) is 0 Å². The maximum atomic E-state index is 12.8. The van der Waals surface area contributed by atoms with Crippen molar-refractivity contribution in [2.45, 2.75) is 19.9 Å². The Morgan fingerprint density at radius 1 is 1.10 bits per heavy atom. The van der Waals surface area contributed by atoms with E-state index in [-0.39, 0.29) is 18.3 Å². The molecule has 0 spiro atoms. The molecule has 2 aromatic rings. The van der Waals surface area contributed by atoms with Gasteiger partial charge in [-0.25, -0.2) is 4.79 Å². The van der Waals surface area contributed by atoms with Crippen LogP contribution in [0.4, 0.5) is 11.4 Å². The predicted octanol–water partition coefficient (Wildman–Crippen LogP) is 2.43. The molecule has 1 aliphatic heterocycles. The number of nitrogens with one attached hydrogen (secondary N) is 1. The molecule has 2 amide bonds. The Morgan fingerprint density at radius 2 is 1.76 bits per heavy atom. The number of carbonyl (C=O) groups excluding carboxylic acids is 4. The third-order valence-corrected chi connectivity index (χ3v) is 4.59. The highest BCUT2D eigenvalue weighted by molar-refractivity contribution is 6.08. The van der Waals surface area contributed by atoms with Crippen LogP contribution in [-0.4, -0.2) is 43.3 Å². The molecule has 3 rings (SSSR count). The molecule has 0 aromatic heterocycles. The van der Waals surface area contributed by atoms with Crippen molar-refractivity contribution in [2.75, 3.05) is 23.9 Å². The molecule has 0 aliphatic carbocycles. The third kappa shape index (κ3) is 4.11. The van der Waals surface area contributed by atoms with Crippen LogP contribution in [0, 0.1) is 0 Å². The standard InChI is InChI=1S/C21H20N2O6/c1-12(20(26)22-16-7-4-14(5-8-16)21(27)28-3)23-17-10-15(13(2)24)6-9-18(17)29-11-19(23)25/h4-10,12H,11H2,1-3H3,(H,22,26). The fourth-order valence-corrected chi connectivity index (χ4v) is 2.99. The van der Waals surface area contributed by atoms with Gasteiger partial charge in [0.05, 0.1) is 18.4 Å². The highest BCUT2D eigenvalue weighted by Crippen LogP contribution is 2.34. The van der Waals surface area contributed by atoms with E-state index >= 15 is 0 Å². The second kappa shape index (κ2) is 8.14. The van der Waals surface area contributed by atoms with Gasteiger partial charge in [0, 0.05) is 11.3 Å². The summed E-state index contributed by atoms with van der Waals surface area (Å²) >= 11 is 0. The zero-order valence-electron chi connectivity index (χ0n) is 16.2.